The number of hydrogen-bond acceptors (Lipinski definition) is 6. The molecule has 0 spiro atoms. The molecule has 202 valence electrons. The fourth-order valence-electron chi connectivity index (χ4n) is 4.04. The molecule has 3 aromatic rings. The standard InChI is InChI=1S/C27H31N3O6S2/c1-21(2)22-8-12-24(13-9-22)30(38(34,35)25-6-4-3-5-7-25)20-27(31)28-23-10-14-26(15-11-23)37(32,33)29-16-18-36-19-17-29/h3-15,21H,16-20H2,1-2H3,(H,28,31). The van der Waals surface area contributed by atoms with Crippen molar-refractivity contribution in [1.29, 1.82) is 0 Å². The summed E-state index contributed by atoms with van der Waals surface area (Å²) in [6.45, 7) is 4.87. The van der Waals surface area contributed by atoms with Gasteiger partial charge in [-0.2, -0.15) is 4.31 Å². The van der Waals surface area contributed by atoms with E-state index in [-0.39, 0.29) is 28.8 Å². The van der Waals surface area contributed by atoms with Gasteiger partial charge in [0, 0.05) is 18.8 Å². The number of anilines is 2. The zero-order chi connectivity index (χ0) is 27.3. The first-order chi connectivity index (χ1) is 18.1. The molecule has 0 atom stereocenters. The number of hydrogen-bond donors (Lipinski definition) is 1. The number of sulfonamides is 2. The van der Waals surface area contributed by atoms with Crippen molar-refractivity contribution in [2.45, 2.75) is 29.6 Å². The van der Waals surface area contributed by atoms with E-state index in [0.717, 1.165) is 9.87 Å². The molecule has 0 aromatic heterocycles. The van der Waals surface area contributed by atoms with Gasteiger partial charge in [0.1, 0.15) is 6.54 Å². The Morgan fingerprint density at radius 3 is 2.05 bits per heavy atom. The molecule has 0 radical (unpaired) electrons. The average Bonchev–Trinajstić information content (AvgIpc) is 2.93. The van der Waals surface area contributed by atoms with Gasteiger partial charge >= 0.3 is 0 Å². The molecule has 1 amide bonds. The zero-order valence-corrected chi connectivity index (χ0v) is 22.9. The first-order valence-corrected chi connectivity index (χ1v) is 15.1. The molecule has 1 aliphatic rings. The Morgan fingerprint density at radius 1 is 0.868 bits per heavy atom. The Hall–Kier alpha value is -3.25. The van der Waals surface area contributed by atoms with E-state index in [1.165, 1.54) is 40.7 Å². The number of amides is 1. The summed E-state index contributed by atoms with van der Waals surface area (Å²) in [7, 11) is -7.70. The number of carbonyl (C=O) groups is 1. The third-order valence-corrected chi connectivity index (χ3v) is 9.91. The van der Waals surface area contributed by atoms with Crippen LogP contribution in [-0.4, -0.2) is 59.9 Å². The highest BCUT2D eigenvalue weighted by Gasteiger charge is 2.28. The van der Waals surface area contributed by atoms with Gasteiger partial charge in [0.25, 0.3) is 10.0 Å². The molecule has 4 rings (SSSR count). The van der Waals surface area contributed by atoms with Crippen LogP contribution in [0.5, 0.6) is 0 Å². The summed E-state index contributed by atoms with van der Waals surface area (Å²) in [6, 6.07) is 20.8. The molecular formula is C27H31N3O6S2. The third-order valence-electron chi connectivity index (χ3n) is 6.21. The summed E-state index contributed by atoms with van der Waals surface area (Å²) >= 11 is 0. The van der Waals surface area contributed by atoms with E-state index in [2.05, 4.69) is 5.32 Å². The Bertz CT molecular complexity index is 1450. The van der Waals surface area contributed by atoms with E-state index in [4.69, 9.17) is 4.74 Å². The lowest BCUT2D eigenvalue weighted by Gasteiger charge is -2.26. The van der Waals surface area contributed by atoms with Gasteiger partial charge in [-0.25, -0.2) is 16.8 Å². The summed E-state index contributed by atoms with van der Waals surface area (Å²) in [5, 5.41) is 2.68. The molecule has 11 heteroatoms. The van der Waals surface area contributed by atoms with Crippen LogP contribution in [0.3, 0.4) is 0 Å². The molecule has 0 bridgehead atoms. The van der Waals surface area contributed by atoms with Crippen LogP contribution in [0.2, 0.25) is 0 Å². The van der Waals surface area contributed by atoms with E-state index in [0.29, 0.717) is 24.6 Å². The highest BCUT2D eigenvalue weighted by Crippen LogP contribution is 2.26. The summed E-state index contributed by atoms with van der Waals surface area (Å²) in [5.74, 6) is -0.303. The molecule has 3 aromatic carbocycles. The smallest absolute Gasteiger partial charge is 0.264 e. The molecule has 38 heavy (non-hydrogen) atoms. The summed E-state index contributed by atoms with van der Waals surface area (Å²) in [4.78, 5) is 13.2. The van der Waals surface area contributed by atoms with Gasteiger partial charge < -0.3 is 10.1 Å². The van der Waals surface area contributed by atoms with Crippen molar-refractivity contribution in [2.24, 2.45) is 0 Å². The van der Waals surface area contributed by atoms with E-state index >= 15 is 0 Å². The fourth-order valence-corrected chi connectivity index (χ4v) is 6.89. The lowest BCUT2D eigenvalue weighted by molar-refractivity contribution is -0.114. The van der Waals surface area contributed by atoms with Gasteiger partial charge in [-0.15, -0.1) is 0 Å². The van der Waals surface area contributed by atoms with Gasteiger partial charge in [0.15, 0.2) is 0 Å². The molecule has 0 aliphatic carbocycles. The predicted octanol–water partition coefficient (Wildman–Crippen LogP) is 3.66. The lowest BCUT2D eigenvalue weighted by atomic mass is 10.0. The number of morpholine rings is 1. The molecular weight excluding hydrogens is 526 g/mol. The van der Waals surface area contributed by atoms with Crippen molar-refractivity contribution in [3.8, 4) is 0 Å². The number of ether oxygens (including phenoxy) is 1. The Kier molecular flexibility index (Phi) is 8.51. The van der Waals surface area contributed by atoms with Crippen LogP contribution >= 0.6 is 0 Å². The van der Waals surface area contributed by atoms with E-state index in [1.54, 1.807) is 30.3 Å². The summed E-state index contributed by atoms with van der Waals surface area (Å²) in [6.07, 6.45) is 0. The Morgan fingerprint density at radius 2 is 1.47 bits per heavy atom. The molecule has 1 fully saturated rings. The molecule has 1 aliphatic heterocycles. The number of benzene rings is 3. The Balaban J connectivity index is 1.54. The normalized spacial score (nSPS) is 14.8. The van der Waals surface area contributed by atoms with Crippen molar-refractivity contribution in [3.63, 3.8) is 0 Å². The third kappa shape index (κ3) is 6.24. The second-order valence-corrected chi connectivity index (χ2v) is 13.0. The number of nitrogens with one attached hydrogen (secondary N) is 1. The van der Waals surface area contributed by atoms with Crippen LogP contribution in [0.1, 0.15) is 25.3 Å². The van der Waals surface area contributed by atoms with Gasteiger partial charge in [0.05, 0.1) is 28.7 Å². The van der Waals surface area contributed by atoms with Crippen LogP contribution in [0, 0.1) is 0 Å². The van der Waals surface area contributed by atoms with Crippen molar-refractivity contribution < 1.29 is 26.4 Å². The van der Waals surface area contributed by atoms with Crippen molar-refractivity contribution in [2.75, 3.05) is 42.5 Å². The first kappa shape index (κ1) is 27.8. The van der Waals surface area contributed by atoms with Crippen LogP contribution in [0.15, 0.2) is 88.7 Å². The summed E-state index contributed by atoms with van der Waals surface area (Å²) in [5.41, 5.74) is 1.76. The molecule has 0 saturated carbocycles. The molecule has 1 heterocycles. The van der Waals surface area contributed by atoms with Gasteiger partial charge in [-0.1, -0.05) is 44.2 Å². The topological polar surface area (TPSA) is 113 Å². The maximum absolute atomic E-state index is 13.5. The quantitative estimate of drug-likeness (QED) is 0.430. The summed E-state index contributed by atoms with van der Waals surface area (Å²) < 4.78 is 60.4. The van der Waals surface area contributed by atoms with Crippen LogP contribution in [0.25, 0.3) is 0 Å². The van der Waals surface area contributed by atoms with Crippen LogP contribution < -0.4 is 9.62 Å². The first-order valence-electron chi connectivity index (χ1n) is 12.2. The second-order valence-electron chi connectivity index (χ2n) is 9.16. The maximum atomic E-state index is 13.5. The molecule has 9 nitrogen and oxygen atoms in total. The Labute approximate surface area is 224 Å². The minimum absolute atomic E-state index is 0.0680. The fraction of sp³-hybridized carbons (Fsp3) is 0.296. The SMILES string of the molecule is CC(C)c1ccc(N(CC(=O)Nc2ccc(S(=O)(=O)N3CCOCC3)cc2)S(=O)(=O)c2ccccc2)cc1. The van der Waals surface area contributed by atoms with Crippen molar-refractivity contribution in [3.05, 3.63) is 84.4 Å². The van der Waals surface area contributed by atoms with Crippen LogP contribution in [-0.2, 0) is 29.6 Å². The van der Waals surface area contributed by atoms with E-state index in [9.17, 15) is 21.6 Å². The largest absolute Gasteiger partial charge is 0.379 e. The van der Waals surface area contributed by atoms with Gasteiger partial charge in [-0.05, 0) is 60.0 Å². The van der Waals surface area contributed by atoms with Gasteiger partial charge in [0.2, 0.25) is 15.9 Å². The average molecular weight is 558 g/mol. The predicted molar refractivity (Wildman–Crippen MR) is 146 cm³/mol. The highest BCUT2D eigenvalue weighted by molar-refractivity contribution is 7.92. The van der Waals surface area contributed by atoms with E-state index < -0.39 is 32.5 Å². The van der Waals surface area contributed by atoms with Crippen LogP contribution in [0.4, 0.5) is 11.4 Å². The molecule has 0 unspecified atom stereocenters. The zero-order valence-electron chi connectivity index (χ0n) is 21.3. The highest BCUT2D eigenvalue weighted by atomic mass is 32.2. The number of carbonyl (C=O) groups excluding carboxylic acids is 1. The maximum Gasteiger partial charge on any atom is 0.264 e. The molecule has 1 N–H and O–H groups in total. The van der Waals surface area contributed by atoms with E-state index in [1.807, 2.05) is 26.0 Å². The van der Waals surface area contributed by atoms with Crippen molar-refractivity contribution in [1.82, 2.24) is 4.31 Å². The molecule has 1 saturated heterocycles. The van der Waals surface area contributed by atoms with Gasteiger partial charge in [-0.3, -0.25) is 9.10 Å². The van der Waals surface area contributed by atoms with Crippen molar-refractivity contribution >= 4 is 37.3 Å². The lowest BCUT2D eigenvalue weighted by Crippen LogP contribution is -2.40. The minimum atomic E-state index is -4.04. The minimum Gasteiger partial charge on any atom is -0.379 e. The monoisotopic (exact) mass is 557 g/mol. The number of rotatable bonds is 9. The number of nitrogens with zero attached hydrogens (tertiary/aromatic N) is 2. The second kappa shape index (κ2) is 11.6.